The molecule has 0 aromatic heterocycles. The van der Waals surface area contributed by atoms with E-state index in [-0.39, 0.29) is 5.91 Å². The minimum Gasteiger partial charge on any atom is -0.497 e. The molecule has 0 heterocycles. The average Bonchev–Trinajstić information content (AvgIpc) is 2.60. The minimum atomic E-state index is -0.107. The molecule has 0 bridgehead atoms. The molecule has 0 atom stereocenters. The number of methoxy groups -OCH3 is 1. The zero-order valence-electron chi connectivity index (χ0n) is 14.4. The Balaban J connectivity index is 1.81. The van der Waals surface area contributed by atoms with E-state index in [0.29, 0.717) is 18.7 Å². The highest BCUT2D eigenvalue weighted by molar-refractivity contribution is 5.94. The topological polar surface area (TPSA) is 50.8 Å². The number of hydrogen-bond donors (Lipinski definition) is 1. The number of carbonyl (C=O) groups is 1. The van der Waals surface area contributed by atoms with E-state index in [1.54, 1.807) is 31.4 Å². The molecule has 2 aromatic rings. The van der Waals surface area contributed by atoms with E-state index < -0.39 is 0 Å². The monoisotopic (exact) mass is 328 g/mol. The van der Waals surface area contributed by atoms with Gasteiger partial charge in [0.25, 0.3) is 5.91 Å². The molecule has 5 heteroatoms. The van der Waals surface area contributed by atoms with Crippen molar-refractivity contribution in [1.29, 1.82) is 0 Å². The number of rotatable bonds is 8. The zero-order chi connectivity index (χ0) is 17.4. The van der Waals surface area contributed by atoms with Crippen LogP contribution in [0.4, 0.5) is 0 Å². The van der Waals surface area contributed by atoms with Gasteiger partial charge in [0.1, 0.15) is 18.1 Å². The molecule has 0 aliphatic carbocycles. The first kappa shape index (κ1) is 17.8. The lowest BCUT2D eigenvalue weighted by Crippen LogP contribution is -2.22. The summed E-state index contributed by atoms with van der Waals surface area (Å²) in [5.41, 5.74) is 1.64. The van der Waals surface area contributed by atoms with E-state index in [2.05, 4.69) is 10.2 Å². The summed E-state index contributed by atoms with van der Waals surface area (Å²) in [6.07, 6.45) is 0. The third-order valence-corrected chi connectivity index (χ3v) is 3.54. The molecule has 0 unspecified atom stereocenters. The SMILES string of the molecule is COc1ccc(C(=O)NCc2ccc(OCCN(C)C)cc2)cc1. The normalized spacial score (nSPS) is 10.5. The summed E-state index contributed by atoms with van der Waals surface area (Å²) in [7, 11) is 5.62. The summed E-state index contributed by atoms with van der Waals surface area (Å²) in [6, 6.07) is 14.8. The van der Waals surface area contributed by atoms with Crippen molar-refractivity contribution in [2.24, 2.45) is 0 Å². The molecule has 1 amide bonds. The Kier molecular flexibility index (Phi) is 6.63. The first-order valence-electron chi connectivity index (χ1n) is 7.87. The number of amides is 1. The number of ether oxygens (including phenoxy) is 2. The Morgan fingerprint density at radius 3 is 2.21 bits per heavy atom. The van der Waals surface area contributed by atoms with Crippen LogP contribution in [0.2, 0.25) is 0 Å². The number of benzene rings is 2. The maximum absolute atomic E-state index is 12.1. The van der Waals surface area contributed by atoms with Crippen LogP contribution in [0.1, 0.15) is 15.9 Å². The quantitative estimate of drug-likeness (QED) is 0.809. The summed E-state index contributed by atoms with van der Waals surface area (Å²) >= 11 is 0. The van der Waals surface area contributed by atoms with E-state index in [0.717, 1.165) is 23.6 Å². The lowest BCUT2D eigenvalue weighted by molar-refractivity contribution is 0.0951. The van der Waals surface area contributed by atoms with Crippen molar-refractivity contribution in [3.05, 3.63) is 59.7 Å². The molecular weight excluding hydrogens is 304 g/mol. The van der Waals surface area contributed by atoms with Gasteiger partial charge in [-0.25, -0.2) is 0 Å². The molecule has 0 radical (unpaired) electrons. The van der Waals surface area contributed by atoms with Crippen LogP contribution >= 0.6 is 0 Å². The van der Waals surface area contributed by atoms with Crippen LogP contribution in [0.3, 0.4) is 0 Å². The van der Waals surface area contributed by atoms with Gasteiger partial charge in [0.05, 0.1) is 7.11 Å². The predicted octanol–water partition coefficient (Wildman–Crippen LogP) is 2.57. The van der Waals surface area contributed by atoms with Gasteiger partial charge in [0, 0.05) is 18.7 Å². The lowest BCUT2D eigenvalue weighted by Gasteiger charge is -2.11. The maximum atomic E-state index is 12.1. The Labute approximate surface area is 143 Å². The van der Waals surface area contributed by atoms with Gasteiger partial charge in [-0.15, -0.1) is 0 Å². The number of hydrogen-bond acceptors (Lipinski definition) is 4. The summed E-state index contributed by atoms with van der Waals surface area (Å²) in [5, 5.41) is 2.90. The summed E-state index contributed by atoms with van der Waals surface area (Å²) in [5.74, 6) is 1.46. The Hall–Kier alpha value is -2.53. The molecule has 2 rings (SSSR count). The van der Waals surface area contributed by atoms with Gasteiger partial charge in [-0.1, -0.05) is 12.1 Å². The highest BCUT2D eigenvalue weighted by Gasteiger charge is 2.05. The molecular formula is C19H24N2O3. The molecule has 128 valence electrons. The van der Waals surface area contributed by atoms with Crippen molar-refractivity contribution >= 4 is 5.91 Å². The molecule has 0 saturated carbocycles. The standard InChI is InChI=1S/C19H24N2O3/c1-21(2)12-13-24-18-8-4-15(5-9-18)14-20-19(22)16-6-10-17(23-3)11-7-16/h4-11H,12-14H2,1-3H3,(H,20,22). The van der Waals surface area contributed by atoms with Crippen LogP contribution < -0.4 is 14.8 Å². The van der Waals surface area contributed by atoms with Crippen molar-refractivity contribution in [3.63, 3.8) is 0 Å². The van der Waals surface area contributed by atoms with Gasteiger partial charge in [0.2, 0.25) is 0 Å². The van der Waals surface area contributed by atoms with Crippen molar-refractivity contribution < 1.29 is 14.3 Å². The van der Waals surface area contributed by atoms with Gasteiger partial charge in [0.15, 0.2) is 0 Å². The maximum Gasteiger partial charge on any atom is 0.251 e. The second-order valence-corrected chi connectivity index (χ2v) is 5.71. The highest BCUT2D eigenvalue weighted by Crippen LogP contribution is 2.13. The first-order valence-corrected chi connectivity index (χ1v) is 7.87. The molecule has 0 saturated heterocycles. The molecule has 1 N–H and O–H groups in total. The van der Waals surface area contributed by atoms with Crippen LogP contribution in [0.15, 0.2) is 48.5 Å². The molecule has 0 fully saturated rings. The molecule has 0 spiro atoms. The van der Waals surface area contributed by atoms with Crippen LogP contribution in [-0.2, 0) is 6.54 Å². The van der Waals surface area contributed by atoms with E-state index in [4.69, 9.17) is 9.47 Å². The van der Waals surface area contributed by atoms with Gasteiger partial charge in [-0.2, -0.15) is 0 Å². The largest absolute Gasteiger partial charge is 0.497 e. The Morgan fingerprint density at radius 1 is 1.00 bits per heavy atom. The first-order chi connectivity index (χ1) is 11.6. The third kappa shape index (κ3) is 5.59. The van der Waals surface area contributed by atoms with E-state index in [1.165, 1.54) is 0 Å². The zero-order valence-corrected chi connectivity index (χ0v) is 14.4. The lowest BCUT2D eigenvalue weighted by atomic mass is 10.2. The number of carbonyl (C=O) groups excluding carboxylic acids is 1. The summed E-state index contributed by atoms with van der Waals surface area (Å²) in [6.45, 7) is 2.00. The van der Waals surface area contributed by atoms with E-state index in [1.807, 2.05) is 38.4 Å². The van der Waals surface area contributed by atoms with Gasteiger partial charge in [-0.05, 0) is 56.1 Å². The molecule has 0 aliphatic heterocycles. The Bertz CT molecular complexity index is 637. The fourth-order valence-corrected chi connectivity index (χ4v) is 2.08. The second kappa shape index (κ2) is 8.93. The van der Waals surface area contributed by atoms with Crippen molar-refractivity contribution in [2.75, 3.05) is 34.4 Å². The second-order valence-electron chi connectivity index (χ2n) is 5.71. The smallest absolute Gasteiger partial charge is 0.251 e. The fourth-order valence-electron chi connectivity index (χ4n) is 2.08. The van der Waals surface area contributed by atoms with Gasteiger partial charge >= 0.3 is 0 Å². The van der Waals surface area contributed by atoms with Crippen LogP contribution in [-0.4, -0.2) is 45.2 Å². The number of nitrogens with one attached hydrogen (secondary N) is 1. The van der Waals surface area contributed by atoms with Crippen LogP contribution in [0, 0.1) is 0 Å². The number of nitrogens with zero attached hydrogens (tertiary/aromatic N) is 1. The van der Waals surface area contributed by atoms with Crippen LogP contribution in [0.5, 0.6) is 11.5 Å². The average molecular weight is 328 g/mol. The number of likely N-dealkylation sites (N-methyl/N-ethyl adjacent to an activating group) is 1. The summed E-state index contributed by atoms with van der Waals surface area (Å²) < 4.78 is 10.7. The summed E-state index contributed by atoms with van der Waals surface area (Å²) in [4.78, 5) is 14.2. The minimum absolute atomic E-state index is 0.107. The van der Waals surface area contributed by atoms with E-state index >= 15 is 0 Å². The molecule has 24 heavy (non-hydrogen) atoms. The fraction of sp³-hybridized carbons (Fsp3) is 0.316. The van der Waals surface area contributed by atoms with E-state index in [9.17, 15) is 4.79 Å². The molecule has 0 aliphatic rings. The molecule has 2 aromatic carbocycles. The third-order valence-electron chi connectivity index (χ3n) is 3.54. The van der Waals surface area contributed by atoms with Crippen molar-refractivity contribution in [3.8, 4) is 11.5 Å². The van der Waals surface area contributed by atoms with Crippen molar-refractivity contribution in [2.45, 2.75) is 6.54 Å². The van der Waals surface area contributed by atoms with Crippen molar-refractivity contribution in [1.82, 2.24) is 10.2 Å². The predicted molar refractivity (Wildman–Crippen MR) is 94.7 cm³/mol. The highest BCUT2D eigenvalue weighted by atomic mass is 16.5. The van der Waals surface area contributed by atoms with Crippen LogP contribution in [0.25, 0.3) is 0 Å². The van der Waals surface area contributed by atoms with Gasteiger partial charge in [-0.3, -0.25) is 4.79 Å². The Morgan fingerprint density at radius 2 is 1.62 bits per heavy atom. The molecule has 5 nitrogen and oxygen atoms in total. The van der Waals surface area contributed by atoms with Gasteiger partial charge < -0.3 is 19.7 Å².